The SMILES string of the molecule is CC(C)c1cc(C(C)(C)C)cc(C(C)C)c1-n1c(-c2cccc3c2sc2ccc(-c4cccc(-c5ccccc5)c4)cc23)nc2ccccc21. The Kier molecular flexibility index (Phi) is 8.00. The number of para-hydroxylation sites is 2. The molecule has 0 radical (unpaired) electrons. The molecule has 8 rings (SSSR count). The fraction of sp³-hybridized carbons (Fsp3) is 0.213. The van der Waals surface area contributed by atoms with Crippen LogP contribution in [0.5, 0.6) is 0 Å². The van der Waals surface area contributed by atoms with Crippen LogP contribution in [0.4, 0.5) is 0 Å². The van der Waals surface area contributed by atoms with Crippen LogP contribution < -0.4 is 0 Å². The van der Waals surface area contributed by atoms with E-state index in [-0.39, 0.29) is 5.41 Å². The van der Waals surface area contributed by atoms with Gasteiger partial charge in [-0.15, -0.1) is 11.3 Å². The molecule has 2 heterocycles. The Balaban J connectivity index is 1.35. The van der Waals surface area contributed by atoms with Crippen molar-refractivity contribution in [1.29, 1.82) is 0 Å². The number of imidazole rings is 1. The Morgan fingerprint density at radius 2 is 1.20 bits per heavy atom. The van der Waals surface area contributed by atoms with Gasteiger partial charge in [-0.3, -0.25) is 4.57 Å². The van der Waals surface area contributed by atoms with Crippen molar-refractivity contribution in [3.8, 4) is 39.3 Å². The van der Waals surface area contributed by atoms with E-state index < -0.39 is 0 Å². The average Bonchev–Trinajstić information content (AvgIpc) is 3.69. The number of nitrogens with zero attached hydrogens (tertiary/aromatic N) is 2. The maximum Gasteiger partial charge on any atom is 0.147 e. The number of hydrogen-bond donors (Lipinski definition) is 0. The van der Waals surface area contributed by atoms with Gasteiger partial charge in [0.05, 0.1) is 16.7 Å². The number of rotatable bonds is 6. The normalized spacial score (nSPS) is 12.3. The van der Waals surface area contributed by atoms with Crippen LogP contribution in [0.1, 0.15) is 77.0 Å². The number of benzene rings is 6. The molecule has 0 aliphatic heterocycles. The molecule has 3 heteroatoms. The Morgan fingerprint density at radius 1 is 0.580 bits per heavy atom. The van der Waals surface area contributed by atoms with E-state index in [0.717, 1.165) is 16.9 Å². The number of thiophene rings is 1. The van der Waals surface area contributed by atoms with Crippen LogP contribution in [0.15, 0.2) is 127 Å². The van der Waals surface area contributed by atoms with Gasteiger partial charge in [-0.05, 0) is 92.6 Å². The standard InChI is InChI=1S/C47H44N2S/c1-29(2)38-27-35(47(5,6)7)28-39(30(3)4)44(38)49-42-22-12-11-21-41(42)48-46(49)37-20-14-19-36-40-26-34(23-24-43(40)50-45(36)37)33-18-13-17-32(25-33)31-15-9-8-10-16-31/h8-30H,1-7H3. The van der Waals surface area contributed by atoms with Crippen LogP contribution in [-0.2, 0) is 5.41 Å². The van der Waals surface area contributed by atoms with Gasteiger partial charge in [-0.1, -0.05) is 139 Å². The molecular formula is C47H44N2S. The summed E-state index contributed by atoms with van der Waals surface area (Å²) in [7, 11) is 0. The quantitative estimate of drug-likeness (QED) is 0.172. The van der Waals surface area contributed by atoms with E-state index in [1.54, 1.807) is 0 Å². The summed E-state index contributed by atoms with van der Waals surface area (Å²) >= 11 is 1.87. The van der Waals surface area contributed by atoms with Gasteiger partial charge in [0.1, 0.15) is 5.82 Å². The van der Waals surface area contributed by atoms with Crippen molar-refractivity contribution in [2.45, 2.75) is 65.7 Å². The zero-order valence-electron chi connectivity index (χ0n) is 30.1. The highest BCUT2D eigenvalue weighted by molar-refractivity contribution is 7.26. The molecule has 2 nitrogen and oxygen atoms in total. The van der Waals surface area contributed by atoms with E-state index in [2.05, 4.69) is 180 Å². The lowest BCUT2D eigenvalue weighted by Gasteiger charge is -2.28. The highest BCUT2D eigenvalue weighted by atomic mass is 32.1. The lowest BCUT2D eigenvalue weighted by Crippen LogP contribution is -2.16. The third-order valence-corrected chi connectivity index (χ3v) is 11.3. The number of aromatic nitrogens is 2. The molecule has 0 saturated heterocycles. The summed E-state index contributed by atoms with van der Waals surface area (Å²) in [5.41, 5.74) is 13.7. The lowest BCUT2D eigenvalue weighted by molar-refractivity contribution is 0.586. The largest absolute Gasteiger partial charge is 0.292 e. The van der Waals surface area contributed by atoms with Gasteiger partial charge in [0, 0.05) is 25.7 Å². The molecule has 0 atom stereocenters. The Morgan fingerprint density at radius 3 is 1.90 bits per heavy atom. The van der Waals surface area contributed by atoms with Crippen LogP contribution in [0, 0.1) is 0 Å². The number of hydrogen-bond acceptors (Lipinski definition) is 2. The second-order valence-electron chi connectivity index (χ2n) is 15.3. The summed E-state index contributed by atoms with van der Waals surface area (Å²) in [4.78, 5) is 5.42. The van der Waals surface area contributed by atoms with Gasteiger partial charge < -0.3 is 0 Å². The van der Waals surface area contributed by atoms with Crippen molar-refractivity contribution < 1.29 is 0 Å². The van der Waals surface area contributed by atoms with Crippen LogP contribution in [0.2, 0.25) is 0 Å². The van der Waals surface area contributed by atoms with E-state index in [1.165, 1.54) is 70.4 Å². The van der Waals surface area contributed by atoms with E-state index in [0.29, 0.717) is 11.8 Å². The first kappa shape index (κ1) is 32.2. The summed E-state index contributed by atoms with van der Waals surface area (Å²) in [6.45, 7) is 16.3. The van der Waals surface area contributed by atoms with E-state index >= 15 is 0 Å². The van der Waals surface area contributed by atoms with Gasteiger partial charge in [-0.25, -0.2) is 4.98 Å². The summed E-state index contributed by atoms with van der Waals surface area (Å²) in [6, 6.07) is 46.8. The molecule has 248 valence electrons. The third-order valence-electron chi connectivity index (χ3n) is 10.1. The Bertz CT molecular complexity index is 2490. The van der Waals surface area contributed by atoms with Crippen LogP contribution in [0.3, 0.4) is 0 Å². The van der Waals surface area contributed by atoms with Crippen molar-refractivity contribution in [3.63, 3.8) is 0 Å². The van der Waals surface area contributed by atoms with E-state index in [1.807, 2.05) is 11.3 Å². The summed E-state index contributed by atoms with van der Waals surface area (Å²) in [5, 5.41) is 2.57. The third kappa shape index (κ3) is 5.54. The second kappa shape index (κ2) is 12.4. The maximum atomic E-state index is 5.42. The van der Waals surface area contributed by atoms with Crippen molar-refractivity contribution in [1.82, 2.24) is 9.55 Å². The molecule has 2 aromatic heterocycles. The minimum atomic E-state index is 0.0516. The monoisotopic (exact) mass is 668 g/mol. The lowest BCUT2D eigenvalue weighted by atomic mass is 9.81. The zero-order valence-corrected chi connectivity index (χ0v) is 30.9. The second-order valence-corrected chi connectivity index (χ2v) is 16.3. The van der Waals surface area contributed by atoms with Gasteiger partial charge in [0.2, 0.25) is 0 Å². The van der Waals surface area contributed by atoms with Crippen LogP contribution in [0.25, 0.3) is 70.5 Å². The van der Waals surface area contributed by atoms with Gasteiger partial charge in [0.25, 0.3) is 0 Å². The molecule has 0 saturated carbocycles. The van der Waals surface area contributed by atoms with Crippen molar-refractivity contribution in [3.05, 3.63) is 144 Å². The minimum Gasteiger partial charge on any atom is -0.292 e. The maximum absolute atomic E-state index is 5.42. The average molecular weight is 669 g/mol. The molecule has 0 N–H and O–H groups in total. The van der Waals surface area contributed by atoms with Gasteiger partial charge >= 0.3 is 0 Å². The first-order valence-corrected chi connectivity index (χ1v) is 18.7. The van der Waals surface area contributed by atoms with Crippen LogP contribution >= 0.6 is 11.3 Å². The molecule has 0 amide bonds. The van der Waals surface area contributed by atoms with Gasteiger partial charge in [-0.2, -0.15) is 0 Å². The van der Waals surface area contributed by atoms with Crippen molar-refractivity contribution >= 4 is 42.5 Å². The smallest absolute Gasteiger partial charge is 0.147 e. The predicted octanol–water partition coefficient (Wildman–Crippen LogP) is 13.9. The molecule has 8 aromatic rings. The molecule has 0 unspecified atom stereocenters. The first-order valence-electron chi connectivity index (χ1n) is 17.9. The molecule has 0 spiro atoms. The molecule has 0 aliphatic rings. The predicted molar refractivity (Wildman–Crippen MR) is 217 cm³/mol. The molecule has 0 bridgehead atoms. The Labute approximate surface area is 300 Å². The fourth-order valence-corrected chi connectivity index (χ4v) is 8.54. The van der Waals surface area contributed by atoms with E-state index in [9.17, 15) is 0 Å². The van der Waals surface area contributed by atoms with Crippen LogP contribution in [-0.4, -0.2) is 9.55 Å². The number of fused-ring (bicyclic) bond motifs is 4. The molecule has 6 aromatic carbocycles. The minimum absolute atomic E-state index is 0.0516. The zero-order chi connectivity index (χ0) is 34.7. The highest BCUT2D eigenvalue weighted by Crippen LogP contribution is 2.45. The molecule has 50 heavy (non-hydrogen) atoms. The van der Waals surface area contributed by atoms with Crippen molar-refractivity contribution in [2.75, 3.05) is 0 Å². The van der Waals surface area contributed by atoms with Crippen molar-refractivity contribution in [2.24, 2.45) is 0 Å². The first-order chi connectivity index (χ1) is 24.1. The van der Waals surface area contributed by atoms with Gasteiger partial charge in [0.15, 0.2) is 0 Å². The molecule has 0 aliphatic carbocycles. The topological polar surface area (TPSA) is 17.8 Å². The molecular weight excluding hydrogens is 625 g/mol. The fourth-order valence-electron chi connectivity index (χ4n) is 7.35. The van der Waals surface area contributed by atoms with E-state index in [4.69, 9.17) is 4.98 Å². The highest BCUT2D eigenvalue weighted by Gasteiger charge is 2.26. The summed E-state index contributed by atoms with van der Waals surface area (Å²) < 4.78 is 5.04. The molecule has 0 fully saturated rings. The Hall–Kier alpha value is -4.99. The summed E-state index contributed by atoms with van der Waals surface area (Å²) in [6.07, 6.45) is 0. The summed E-state index contributed by atoms with van der Waals surface area (Å²) in [5.74, 6) is 1.70.